The molecule has 0 bridgehead atoms. The summed E-state index contributed by atoms with van der Waals surface area (Å²) in [5, 5.41) is 4.55. The molecule has 1 fully saturated rings. The number of aryl methyl sites for hydroxylation is 1. The highest BCUT2D eigenvalue weighted by Crippen LogP contribution is 2.41. The van der Waals surface area contributed by atoms with Gasteiger partial charge in [0.2, 0.25) is 0 Å². The average Bonchev–Trinajstić information content (AvgIpc) is 3.11. The van der Waals surface area contributed by atoms with Gasteiger partial charge in [-0.3, -0.25) is 0 Å². The topological polar surface area (TPSA) is 12.0 Å². The largest absolute Gasteiger partial charge is 0.309 e. The van der Waals surface area contributed by atoms with E-state index in [9.17, 15) is 0 Å². The minimum absolute atomic E-state index is 0.160. The van der Waals surface area contributed by atoms with E-state index >= 15 is 0 Å². The number of rotatable bonds is 2. The molecule has 0 aromatic heterocycles. The van der Waals surface area contributed by atoms with Gasteiger partial charge in [-0.1, -0.05) is 42.8 Å². The summed E-state index contributed by atoms with van der Waals surface area (Å²) in [6.07, 6.45) is 2.32. The molecule has 1 nitrogen and oxygen atoms in total. The third kappa shape index (κ3) is 2.39. The first-order valence-electron chi connectivity index (χ1n) is 7.66. The van der Waals surface area contributed by atoms with E-state index in [0.717, 1.165) is 18.0 Å². The summed E-state index contributed by atoms with van der Waals surface area (Å²) in [4.78, 5) is 0. The number of nitrogens with one attached hydrogen (secondary N) is 1. The van der Waals surface area contributed by atoms with Crippen LogP contribution in [0, 0.1) is 6.92 Å². The molecule has 1 aliphatic heterocycles. The number of fused-ring (bicyclic) bond motifs is 1. The van der Waals surface area contributed by atoms with E-state index in [-0.39, 0.29) is 5.41 Å². The first-order valence-corrected chi connectivity index (χ1v) is 8.04. The van der Waals surface area contributed by atoms with E-state index < -0.39 is 0 Å². The first-order chi connectivity index (χ1) is 10.0. The lowest BCUT2D eigenvalue weighted by Gasteiger charge is -2.24. The van der Waals surface area contributed by atoms with Gasteiger partial charge in [0.15, 0.2) is 0 Å². The second-order valence-corrected chi connectivity index (χ2v) is 7.36. The Hall–Kier alpha value is -1.31. The Morgan fingerprint density at radius 3 is 2.76 bits per heavy atom. The van der Waals surface area contributed by atoms with Crippen molar-refractivity contribution >= 4 is 11.6 Å². The molecule has 2 aromatic rings. The molecule has 0 radical (unpaired) electrons. The molecule has 2 aromatic carbocycles. The fourth-order valence-electron chi connectivity index (χ4n) is 3.62. The molecular weight excluding hydrogens is 278 g/mol. The zero-order valence-electron chi connectivity index (χ0n) is 12.5. The van der Waals surface area contributed by atoms with Crippen LogP contribution in [-0.4, -0.2) is 6.54 Å². The zero-order chi connectivity index (χ0) is 14.6. The maximum atomic E-state index is 6.25. The van der Waals surface area contributed by atoms with E-state index in [1.54, 1.807) is 0 Å². The molecule has 1 saturated heterocycles. The van der Waals surface area contributed by atoms with Crippen molar-refractivity contribution in [3.63, 3.8) is 0 Å². The van der Waals surface area contributed by atoms with Crippen molar-refractivity contribution < 1.29 is 0 Å². The molecule has 2 atom stereocenters. The predicted molar refractivity (Wildman–Crippen MR) is 88.1 cm³/mol. The average molecular weight is 298 g/mol. The van der Waals surface area contributed by atoms with Crippen molar-refractivity contribution in [3.05, 3.63) is 69.2 Å². The van der Waals surface area contributed by atoms with Crippen molar-refractivity contribution in [3.8, 4) is 0 Å². The fraction of sp³-hybridized carbons (Fsp3) is 0.368. The molecule has 2 unspecified atom stereocenters. The van der Waals surface area contributed by atoms with Crippen LogP contribution in [0.5, 0.6) is 0 Å². The van der Waals surface area contributed by atoms with Crippen LogP contribution in [0.15, 0.2) is 36.4 Å². The van der Waals surface area contributed by atoms with E-state index in [1.807, 2.05) is 6.07 Å². The second kappa shape index (κ2) is 4.59. The van der Waals surface area contributed by atoms with Crippen LogP contribution < -0.4 is 5.32 Å². The van der Waals surface area contributed by atoms with Crippen LogP contribution in [0.25, 0.3) is 0 Å². The zero-order valence-corrected chi connectivity index (χ0v) is 13.3. The van der Waals surface area contributed by atoms with Gasteiger partial charge in [0.05, 0.1) is 0 Å². The monoisotopic (exact) mass is 297 g/mol. The van der Waals surface area contributed by atoms with Crippen molar-refractivity contribution in [1.29, 1.82) is 0 Å². The fourth-order valence-corrected chi connectivity index (χ4v) is 3.91. The quantitative estimate of drug-likeness (QED) is 0.732. The van der Waals surface area contributed by atoms with Gasteiger partial charge in [-0.15, -0.1) is 0 Å². The van der Waals surface area contributed by atoms with Crippen LogP contribution in [0.3, 0.4) is 0 Å². The van der Waals surface area contributed by atoms with Crippen LogP contribution in [0.4, 0.5) is 0 Å². The van der Waals surface area contributed by atoms with Crippen LogP contribution >= 0.6 is 11.6 Å². The Kier molecular flexibility index (Phi) is 2.92. The third-order valence-corrected chi connectivity index (χ3v) is 5.24. The Bertz CT molecular complexity index is 701. The highest BCUT2D eigenvalue weighted by atomic mass is 35.5. The molecule has 108 valence electrons. The van der Waals surface area contributed by atoms with Gasteiger partial charge in [0.25, 0.3) is 0 Å². The molecule has 21 heavy (non-hydrogen) atoms. The molecule has 1 aliphatic carbocycles. The van der Waals surface area contributed by atoms with Gasteiger partial charge in [-0.25, -0.2) is 0 Å². The smallest absolute Gasteiger partial charge is 0.0411 e. The van der Waals surface area contributed by atoms with Crippen LogP contribution in [-0.2, 0) is 11.8 Å². The Morgan fingerprint density at radius 1 is 1.14 bits per heavy atom. The van der Waals surface area contributed by atoms with Gasteiger partial charge in [0, 0.05) is 23.0 Å². The Labute approximate surface area is 131 Å². The molecular formula is C19H20ClN. The molecule has 1 N–H and O–H groups in total. The second-order valence-electron chi connectivity index (χ2n) is 6.92. The van der Waals surface area contributed by atoms with Crippen molar-refractivity contribution in [2.45, 2.75) is 38.1 Å². The van der Waals surface area contributed by atoms with Gasteiger partial charge in [0.1, 0.15) is 0 Å². The molecule has 0 amide bonds. The maximum Gasteiger partial charge on any atom is 0.0411 e. The molecule has 2 heteroatoms. The van der Waals surface area contributed by atoms with Gasteiger partial charge >= 0.3 is 0 Å². The summed E-state index contributed by atoms with van der Waals surface area (Å²) in [5.74, 6) is 0. The van der Waals surface area contributed by atoms with E-state index in [2.05, 4.69) is 49.5 Å². The predicted octanol–water partition coefficient (Wildman–Crippen LogP) is 4.54. The maximum absolute atomic E-state index is 6.25. The van der Waals surface area contributed by atoms with Crippen molar-refractivity contribution in [2.24, 2.45) is 0 Å². The molecule has 2 aliphatic rings. The lowest BCUT2D eigenvalue weighted by atomic mass is 9.79. The minimum Gasteiger partial charge on any atom is -0.309 e. The lowest BCUT2D eigenvalue weighted by Crippen LogP contribution is -2.24. The Morgan fingerprint density at radius 2 is 2.00 bits per heavy atom. The SMILES string of the molecule is Cc1cc(Cl)cc(C2(C)CNC(c3ccc4c(c3)C4)C2)c1. The van der Waals surface area contributed by atoms with Crippen LogP contribution in [0.1, 0.15) is 47.2 Å². The third-order valence-electron chi connectivity index (χ3n) is 5.02. The molecule has 1 heterocycles. The number of hydrogen-bond donors (Lipinski definition) is 1. The summed E-state index contributed by atoms with van der Waals surface area (Å²) in [6, 6.07) is 13.8. The highest BCUT2D eigenvalue weighted by molar-refractivity contribution is 6.30. The first kappa shape index (κ1) is 13.4. The van der Waals surface area contributed by atoms with Gasteiger partial charge < -0.3 is 5.32 Å². The number of benzene rings is 2. The number of hydrogen-bond acceptors (Lipinski definition) is 1. The van der Waals surface area contributed by atoms with Gasteiger partial charge in [-0.2, -0.15) is 0 Å². The molecule has 0 saturated carbocycles. The van der Waals surface area contributed by atoms with E-state index in [0.29, 0.717) is 6.04 Å². The van der Waals surface area contributed by atoms with Crippen molar-refractivity contribution in [2.75, 3.05) is 6.54 Å². The number of halogens is 1. The summed E-state index contributed by atoms with van der Waals surface area (Å²) in [5.41, 5.74) is 7.24. The van der Waals surface area contributed by atoms with Gasteiger partial charge in [-0.05, 0) is 59.7 Å². The minimum atomic E-state index is 0.160. The van der Waals surface area contributed by atoms with Crippen LogP contribution in [0.2, 0.25) is 5.02 Å². The summed E-state index contributed by atoms with van der Waals surface area (Å²) < 4.78 is 0. The summed E-state index contributed by atoms with van der Waals surface area (Å²) in [7, 11) is 0. The summed E-state index contributed by atoms with van der Waals surface area (Å²) >= 11 is 6.25. The molecule has 0 spiro atoms. The van der Waals surface area contributed by atoms with E-state index in [4.69, 9.17) is 11.6 Å². The standard InChI is InChI=1S/C19H20ClN/c1-12-5-16(9-17(20)6-12)19(2)10-18(21-11-19)14-4-3-13-7-15(13)8-14/h3-6,8-9,18,21H,7,10-11H2,1-2H3. The highest BCUT2D eigenvalue weighted by Gasteiger charge is 2.37. The lowest BCUT2D eigenvalue weighted by molar-refractivity contribution is 0.510. The van der Waals surface area contributed by atoms with Crippen molar-refractivity contribution in [1.82, 2.24) is 5.32 Å². The molecule has 4 rings (SSSR count). The van der Waals surface area contributed by atoms with E-state index in [1.165, 1.54) is 34.2 Å². The summed E-state index contributed by atoms with van der Waals surface area (Å²) in [6.45, 7) is 5.47. The Balaban J connectivity index is 1.62. The normalized spacial score (nSPS) is 26.7.